The van der Waals surface area contributed by atoms with Crippen molar-refractivity contribution < 1.29 is 14.6 Å². The molecule has 10 heteroatoms. The average Bonchev–Trinajstić information content (AvgIpc) is 2.59. The van der Waals surface area contributed by atoms with E-state index in [0.717, 1.165) is 11.8 Å². The Morgan fingerprint density at radius 2 is 2.29 bits per heavy atom. The number of para-hydroxylation sites is 1. The molecule has 8 nitrogen and oxygen atoms in total. The number of hydrogen-bond acceptors (Lipinski definition) is 8. The molecule has 0 spiro atoms. The first-order valence-electron chi connectivity index (χ1n) is 6.65. The number of thiocarbonyl (C=S) groups is 1. The van der Waals surface area contributed by atoms with Crippen molar-refractivity contribution in [3.8, 4) is 11.5 Å². The highest BCUT2D eigenvalue weighted by Crippen LogP contribution is 2.32. The van der Waals surface area contributed by atoms with Crippen LogP contribution in [-0.4, -0.2) is 47.2 Å². The quantitative estimate of drug-likeness (QED) is 0.138. The van der Waals surface area contributed by atoms with Crippen LogP contribution in [0.4, 0.5) is 0 Å². The Hall–Kier alpha value is -2.30. The number of rotatable bonds is 7. The van der Waals surface area contributed by atoms with Crippen LogP contribution in [0.2, 0.25) is 0 Å². The molecule has 0 bridgehead atoms. The van der Waals surface area contributed by atoms with Gasteiger partial charge in [0, 0.05) is 17.3 Å². The van der Waals surface area contributed by atoms with E-state index in [1.165, 1.54) is 22.8 Å². The molecule has 6 N–H and O–H groups in total. The van der Waals surface area contributed by atoms with Gasteiger partial charge in [-0.2, -0.15) is 5.10 Å². The summed E-state index contributed by atoms with van der Waals surface area (Å²) in [5, 5.41) is 13.6. The predicted molar refractivity (Wildman–Crippen MR) is 100 cm³/mol. The van der Waals surface area contributed by atoms with Gasteiger partial charge in [0.15, 0.2) is 17.3 Å². The lowest BCUT2D eigenvalue weighted by molar-refractivity contribution is -0.124. The summed E-state index contributed by atoms with van der Waals surface area (Å²) in [4.78, 5) is 14.2. The molecule has 1 aromatic carbocycles. The molecule has 0 saturated heterocycles. The number of ether oxygens (including phenoxy) is 1. The molecular weight excluding hydrogens is 350 g/mol. The standard InChI is InChI=1S/C14H19N5O3S2/c1-19(7-12(17-15)18-16)14(21)11(24-8-23)6-9-4-3-5-10(22-2)13(9)20/h3-6,8,20H,7,15-16H2,1-2H3,(H,17,18)/b11-6-. The van der Waals surface area contributed by atoms with Crippen molar-refractivity contribution in [2.45, 2.75) is 0 Å². The minimum absolute atomic E-state index is 0.0641. The molecule has 1 rings (SSSR count). The van der Waals surface area contributed by atoms with Crippen LogP contribution in [0.5, 0.6) is 11.5 Å². The van der Waals surface area contributed by atoms with E-state index in [2.05, 4.69) is 10.5 Å². The Labute approximate surface area is 149 Å². The average molecular weight is 369 g/mol. The maximum absolute atomic E-state index is 12.6. The van der Waals surface area contributed by atoms with E-state index >= 15 is 0 Å². The summed E-state index contributed by atoms with van der Waals surface area (Å²) in [5.41, 5.74) is 2.73. The van der Waals surface area contributed by atoms with Crippen LogP contribution < -0.4 is 21.8 Å². The fourth-order valence-corrected chi connectivity index (χ4v) is 2.63. The number of carbonyl (C=O) groups is 1. The van der Waals surface area contributed by atoms with E-state index in [-0.39, 0.29) is 24.0 Å². The van der Waals surface area contributed by atoms with Crippen molar-refractivity contribution in [2.75, 3.05) is 20.7 Å². The number of phenols is 1. The summed E-state index contributed by atoms with van der Waals surface area (Å²) >= 11 is 5.89. The van der Waals surface area contributed by atoms with Crippen molar-refractivity contribution in [3.63, 3.8) is 0 Å². The number of nitrogens with two attached hydrogens (primary N) is 2. The number of carbonyl (C=O) groups excluding carboxylic acids is 1. The highest BCUT2D eigenvalue weighted by molar-refractivity contribution is 8.24. The number of nitrogens with one attached hydrogen (secondary N) is 1. The van der Waals surface area contributed by atoms with E-state index in [0.29, 0.717) is 16.2 Å². The highest BCUT2D eigenvalue weighted by atomic mass is 32.2. The van der Waals surface area contributed by atoms with E-state index in [1.54, 1.807) is 25.2 Å². The van der Waals surface area contributed by atoms with Gasteiger partial charge in [0.05, 0.1) is 18.6 Å². The Kier molecular flexibility index (Phi) is 8.02. The van der Waals surface area contributed by atoms with Gasteiger partial charge in [0.2, 0.25) is 0 Å². The highest BCUT2D eigenvalue weighted by Gasteiger charge is 2.18. The molecule has 0 aliphatic carbocycles. The summed E-state index contributed by atoms with van der Waals surface area (Å²) in [6.07, 6.45) is 1.53. The van der Waals surface area contributed by atoms with Crippen molar-refractivity contribution >= 4 is 46.5 Å². The lowest BCUT2D eigenvalue weighted by Gasteiger charge is -2.18. The van der Waals surface area contributed by atoms with Gasteiger partial charge in [-0.05, 0) is 12.1 Å². The SMILES string of the molecule is COc1cccc(/C=C(\SC=S)C(=O)N(C)C/C(=N/N)NN)c1O. The minimum atomic E-state index is -0.334. The van der Waals surface area contributed by atoms with Crippen LogP contribution in [0.25, 0.3) is 6.08 Å². The van der Waals surface area contributed by atoms with E-state index in [9.17, 15) is 9.90 Å². The number of methoxy groups -OCH3 is 1. The number of amides is 1. The maximum Gasteiger partial charge on any atom is 0.260 e. The van der Waals surface area contributed by atoms with Crippen LogP contribution in [-0.2, 0) is 4.79 Å². The van der Waals surface area contributed by atoms with Crippen LogP contribution >= 0.6 is 24.0 Å². The van der Waals surface area contributed by atoms with Crippen molar-refractivity contribution in [2.24, 2.45) is 16.8 Å². The van der Waals surface area contributed by atoms with Crippen molar-refractivity contribution in [1.82, 2.24) is 10.3 Å². The summed E-state index contributed by atoms with van der Waals surface area (Å²) in [7, 11) is 3.01. The van der Waals surface area contributed by atoms with Crippen LogP contribution in [0.3, 0.4) is 0 Å². The summed E-state index contributed by atoms with van der Waals surface area (Å²) < 4.78 is 6.41. The second-order valence-electron chi connectivity index (χ2n) is 4.50. The smallest absolute Gasteiger partial charge is 0.260 e. The fourth-order valence-electron chi connectivity index (χ4n) is 1.77. The molecule has 0 aromatic heterocycles. The number of hydrazone groups is 1. The van der Waals surface area contributed by atoms with Gasteiger partial charge in [-0.15, -0.1) is 0 Å². The Morgan fingerprint density at radius 1 is 1.58 bits per heavy atom. The molecule has 0 fully saturated rings. The van der Waals surface area contributed by atoms with Crippen LogP contribution in [0, 0.1) is 0 Å². The molecule has 0 aliphatic rings. The zero-order valence-corrected chi connectivity index (χ0v) is 14.9. The fraction of sp³-hybridized carbons (Fsp3) is 0.214. The number of amidine groups is 1. The zero-order valence-electron chi connectivity index (χ0n) is 13.2. The second-order valence-corrected chi connectivity index (χ2v) is 5.95. The number of likely N-dealkylation sites (N-methyl/N-ethyl adjacent to an activating group) is 1. The van der Waals surface area contributed by atoms with Crippen molar-refractivity contribution in [1.29, 1.82) is 0 Å². The molecule has 1 amide bonds. The molecule has 0 aliphatic heterocycles. The van der Waals surface area contributed by atoms with E-state index in [4.69, 9.17) is 28.6 Å². The van der Waals surface area contributed by atoms with Crippen molar-refractivity contribution in [3.05, 3.63) is 28.7 Å². The molecule has 0 heterocycles. The van der Waals surface area contributed by atoms with E-state index in [1.807, 2.05) is 0 Å². The summed E-state index contributed by atoms with van der Waals surface area (Å²) in [6.45, 7) is 0.0885. The van der Waals surface area contributed by atoms with Crippen LogP contribution in [0.1, 0.15) is 5.56 Å². The summed E-state index contributed by atoms with van der Waals surface area (Å²) in [6, 6.07) is 4.97. The minimum Gasteiger partial charge on any atom is -0.504 e. The topological polar surface area (TPSA) is 126 Å². The molecular formula is C14H19N5O3S2. The largest absolute Gasteiger partial charge is 0.504 e. The van der Waals surface area contributed by atoms with Gasteiger partial charge in [-0.1, -0.05) is 36.1 Å². The third-order valence-corrected chi connectivity index (χ3v) is 3.91. The molecule has 0 radical (unpaired) electrons. The molecule has 0 unspecified atom stereocenters. The Bertz CT molecular complexity index is 664. The molecule has 0 atom stereocenters. The van der Waals surface area contributed by atoms with Gasteiger partial charge in [-0.25, -0.2) is 5.84 Å². The van der Waals surface area contributed by atoms with Gasteiger partial charge in [-0.3, -0.25) is 4.79 Å². The third-order valence-electron chi connectivity index (χ3n) is 2.98. The molecule has 130 valence electrons. The second kappa shape index (κ2) is 9.75. The van der Waals surface area contributed by atoms with Crippen LogP contribution in [0.15, 0.2) is 28.2 Å². The first-order valence-corrected chi connectivity index (χ1v) is 8.00. The number of benzene rings is 1. The molecule has 1 aromatic rings. The normalized spacial score (nSPS) is 11.8. The Morgan fingerprint density at radius 3 is 2.83 bits per heavy atom. The Balaban J connectivity index is 3.13. The number of aromatic hydroxyl groups is 1. The molecule has 24 heavy (non-hydrogen) atoms. The lowest BCUT2D eigenvalue weighted by atomic mass is 10.1. The number of nitrogens with zero attached hydrogens (tertiary/aromatic N) is 2. The summed E-state index contributed by atoms with van der Waals surface area (Å²) in [5.74, 6) is 10.6. The van der Waals surface area contributed by atoms with E-state index < -0.39 is 0 Å². The lowest BCUT2D eigenvalue weighted by Crippen LogP contribution is -2.42. The monoisotopic (exact) mass is 369 g/mol. The zero-order chi connectivity index (χ0) is 18.1. The third kappa shape index (κ3) is 5.11. The number of hydrazine groups is 1. The maximum atomic E-state index is 12.6. The van der Waals surface area contributed by atoms with Gasteiger partial charge < -0.3 is 26.0 Å². The van der Waals surface area contributed by atoms with Gasteiger partial charge in [0.1, 0.15) is 0 Å². The number of phenolic OH excluding ortho intramolecular Hbond substituents is 1. The number of hydrogen-bond donors (Lipinski definition) is 4. The molecule has 0 saturated carbocycles. The first-order chi connectivity index (χ1) is 11.5. The number of thioether (sulfide) groups is 1. The van der Waals surface area contributed by atoms with Gasteiger partial charge in [0.25, 0.3) is 5.91 Å². The first kappa shape index (κ1) is 19.7. The van der Waals surface area contributed by atoms with Gasteiger partial charge >= 0.3 is 0 Å². The predicted octanol–water partition coefficient (Wildman–Crippen LogP) is 0.626.